The predicted molar refractivity (Wildman–Crippen MR) is 300 cm³/mol. The molecule has 0 bridgehead atoms. The zero-order valence-electron chi connectivity index (χ0n) is 50.6. The molecule has 3 aromatic heterocycles. The van der Waals surface area contributed by atoms with E-state index in [1.54, 1.807) is 6.20 Å². The van der Waals surface area contributed by atoms with Crippen LogP contribution in [0.1, 0.15) is 157 Å². The largest absolute Gasteiger partial charge is 0.456 e. The summed E-state index contributed by atoms with van der Waals surface area (Å²) in [5, 5.41) is 2.01. The molecule has 0 N–H and O–H groups in total. The Bertz CT molecular complexity index is 3870. The molecule has 362 valence electrons. The monoisotopic (exact) mass is 953 g/mol. The summed E-state index contributed by atoms with van der Waals surface area (Å²) in [5.41, 5.74) is 19.3. The van der Waals surface area contributed by atoms with Gasteiger partial charge in [-0.1, -0.05) is 136 Å². The van der Waals surface area contributed by atoms with Gasteiger partial charge in [-0.25, -0.2) is 9.13 Å². The number of nitrogens with zero attached hydrogens (tertiary/aromatic N) is 2. The average Bonchev–Trinajstić information content (AvgIpc) is 4.34. The minimum atomic E-state index is -2.27. The summed E-state index contributed by atoms with van der Waals surface area (Å²) in [7, 11) is 3.84. The summed E-state index contributed by atoms with van der Waals surface area (Å²) in [5.74, 6) is -1.02. The van der Waals surface area contributed by atoms with Crippen molar-refractivity contribution in [2.45, 2.75) is 135 Å². The zero-order chi connectivity index (χ0) is 55.9. The van der Waals surface area contributed by atoms with Crippen molar-refractivity contribution in [1.29, 1.82) is 0 Å². The summed E-state index contributed by atoms with van der Waals surface area (Å²) >= 11 is 0. The highest BCUT2D eigenvalue weighted by atomic mass is 16.3. The first-order valence-corrected chi connectivity index (χ1v) is 26.7. The molecular weight excluding hydrogens is 873 g/mol. The van der Waals surface area contributed by atoms with Gasteiger partial charge >= 0.3 is 0 Å². The quantitative estimate of drug-likeness (QED) is 0.152. The van der Waals surface area contributed by atoms with Crippen LogP contribution in [-0.2, 0) is 19.5 Å². The van der Waals surface area contributed by atoms with E-state index in [0.717, 1.165) is 142 Å². The Labute approximate surface area is 439 Å². The molecule has 6 aromatic carbocycles. The number of hydrogen-bond donors (Lipinski definition) is 0. The fourth-order valence-electron chi connectivity index (χ4n) is 13.1. The first kappa shape index (κ1) is 38.1. The van der Waals surface area contributed by atoms with Crippen LogP contribution in [0.4, 0.5) is 0 Å². The van der Waals surface area contributed by atoms with E-state index in [0.29, 0.717) is 16.7 Å². The summed E-state index contributed by atoms with van der Waals surface area (Å²) in [6.45, 7) is -0.333. The lowest BCUT2D eigenvalue weighted by Crippen LogP contribution is -2.31. The molecule has 0 atom stereocenters. The van der Waals surface area contributed by atoms with Crippen molar-refractivity contribution in [1.82, 2.24) is 0 Å². The van der Waals surface area contributed by atoms with Crippen molar-refractivity contribution in [3.8, 4) is 55.9 Å². The highest BCUT2D eigenvalue weighted by molar-refractivity contribution is 6.06. The van der Waals surface area contributed by atoms with Crippen LogP contribution in [0.25, 0.3) is 77.8 Å². The molecule has 3 saturated carbocycles. The first-order valence-electron chi connectivity index (χ1n) is 30.7. The molecule has 0 aliphatic heterocycles. The van der Waals surface area contributed by atoms with Gasteiger partial charge < -0.3 is 4.42 Å². The molecule has 0 amide bonds. The number of aryl methyl sites for hydroxylation is 6. The molecule has 3 heteroatoms. The van der Waals surface area contributed by atoms with E-state index in [-0.39, 0.29) is 5.41 Å². The first-order chi connectivity index (χ1) is 38.2. The molecule has 1 spiro atoms. The number of benzene rings is 6. The molecule has 4 aliphatic rings. The number of rotatable bonds is 6. The smallest absolute Gasteiger partial charge is 0.213 e. The molecule has 0 radical (unpaired) electrons. The molecule has 9 aromatic rings. The third-order valence-corrected chi connectivity index (χ3v) is 17.0. The van der Waals surface area contributed by atoms with Crippen molar-refractivity contribution in [2.24, 2.45) is 14.1 Å². The second-order valence-electron chi connectivity index (χ2n) is 21.5. The van der Waals surface area contributed by atoms with Crippen LogP contribution in [0.3, 0.4) is 0 Å². The minimum Gasteiger partial charge on any atom is -0.456 e. The summed E-state index contributed by atoms with van der Waals surface area (Å²) in [6, 6.07) is 46.3. The highest BCUT2D eigenvalue weighted by Gasteiger charge is 2.45. The van der Waals surface area contributed by atoms with Crippen LogP contribution in [0.2, 0.25) is 0 Å². The molecule has 0 unspecified atom stereocenters. The van der Waals surface area contributed by atoms with Gasteiger partial charge in [0, 0.05) is 61.5 Å². The van der Waals surface area contributed by atoms with Gasteiger partial charge in [-0.05, 0) is 181 Å². The summed E-state index contributed by atoms with van der Waals surface area (Å²) in [4.78, 5) is 0. The number of fused-ring (bicyclic) bond motifs is 8. The molecule has 3 heterocycles. The summed E-state index contributed by atoms with van der Waals surface area (Å²) < 4.78 is 78.6. The lowest BCUT2D eigenvalue weighted by atomic mass is 9.74. The average molecular weight is 953 g/mol. The van der Waals surface area contributed by atoms with Crippen molar-refractivity contribution in [3.63, 3.8) is 0 Å². The third-order valence-electron chi connectivity index (χ3n) is 17.0. The van der Waals surface area contributed by atoms with Gasteiger partial charge in [-0.2, -0.15) is 0 Å². The lowest BCUT2D eigenvalue weighted by Gasteiger charge is -2.29. The van der Waals surface area contributed by atoms with Crippen molar-refractivity contribution >= 4 is 21.9 Å². The standard InChI is InChI=1S/C37H40N.C32H32NO/c1-25-11-7-8-14-30(25)36-23-33(26(2)24-38(36)3)29-16-18-32-31-17-15-28(27-12-5-4-6-13-27)21-34(31)37(35(32)22-29)19-9-10-20-37;1-21-9-7-8-12-26(21)30-19-29(22(2)20-33(30)3)25-14-16-28-27-15-13-24(23-10-5-4-6-11-23)17-31(27)34-32(28)18-25/h7-8,11,14-18,21-24,27H,4-6,9-10,12-13,19-20H2,1-3H3;7-9,12-20,23H,4-6,10-11H2,1-3H3/q2*+1/i2D3,27D;2D3,23D. The van der Waals surface area contributed by atoms with Crippen molar-refractivity contribution in [2.75, 3.05) is 0 Å². The molecule has 72 heavy (non-hydrogen) atoms. The van der Waals surface area contributed by atoms with Gasteiger partial charge in [-0.3, -0.25) is 0 Å². The van der Waals surface area contributed by atoms with Crippen LogP contribution in [0.15, 0.2) is 150 Å². The van der Waals surface area contributed by atoms with E-state index in [4.69, 9.17) is 14.0 Å². The lowest BCUT2D eigenvalue weighted by molar-refractivity contribution is -0.660. The Morgan fingerprint density at radius 3 is 1.50 bits per heavy atom. The molecule has 0 saturated heterocycles. The molecule has 13 rings (SSSR count). The maximum atomic E-state index is 9.34. The van der Waals surface area contributed by atoms with Gasteiger partial charge in [0.2, 0.25) is 11.4 Å². The van der Waals surface area contributed by atoms with Gasteiger partial charge in [0.05, 0.1) is 0 Å². The van der Waals surface area contributed by atoms with Gasteiger partial charge in [-0.15, -0.1) is 0 Å². The normalized spacial score (nSPS) is 19.4. The second kappa shape index (κ2) is 19.1. The maximum Gasteiger partial charge on any atom is 0.213 e. The Morgan fingerprint density at radius 2 is 0.931 bits per heavy atom. The van der Waals surface area contributed by atoms with Crippen LogP contribution in [-0.4, -0.2) is 0 Å². The number of pyridine rings is 2. The maximum absolute atomic E-state index is 9.34. The predicted octanol–water partition coefficient (Wildman–Crippen LogP) is 17.8. The van der Waals surface area contributed by atoms with E-state index in [1.807, 2.05) is 84.0 Å². The number of hydrogen-bond acceptors (Lipinski definition) is 1. The van der Waals surface area contributed by atoms with E-state index >= 15 is 0 Å². The van der Waals surface area contributed by atoms with Crippen molar-refractivity contribution in [3.05, 3.63) is 190 Å². The SMILES string of the molecule is [2H]C([2H])([2H])c1c[n+](C)c(-c2ccccc2C)cc1-c1ccc2c(c1)C1(CCCC1)c1cc(C3([2H])CCCCC3)ccc1-2.[2H]C([2H])([2H])c1c[n+](C)c(-c2ccccc2C)cc1-c1ccc2c(c1)oc1cc(C3([2H])CCCCC3)ccc12. The van der Waals surface area contributed by atoms with E-state index in [9.17, 15) is 1.37 Å². The Kier molecular flexibility index (Phi) is 10.1. The topological polar surface area (TPSA) is 20.9 Å². The zero-order valence-corrected chi connectivity index (χ0v) is 42.6. The van der Waals surface area contributed by atoms with E-state index in [2.05, 4.69) is 92.7 Å². The third kappa shape index (κ3) is 8.31. The second-order valence-corrected chi connectivity index (χ2v) is 21.5. The minimum absolute atomic E-state index is 0.0554. The van der Waals surface area contributed by atoms with Gasteiger partial charge in [0.15, 0.2) is 12.4 Å². The van der Waals surface area contributed by atoms with Crippen LogP contribution in [0.5, 0.6) is 0 Å². The van der Waals surface area contributed by atoms with E-state index < -0.39 is 25.5 Å². The van der Waals surface area contributed by atoms with Gasteiger partial charge in [0.1, 0.15) is 25.3 Å². The van der Waals surface area contributed by atoms with Crippen LogP contribution >= 0.6 is 0 Å². The van der Waals surface area contributed by atoms with Crippen LogP contribution < -0.4 is 9.13 Å². The Balaban J connectivity index is 0.000000160. The molecule has 3 fully saturated rings. The summed E-state index contributed by atoms with van der Waals surface area (Å²) in [6.07, 6.45) is 18.7. The molecule has 3 nitrogen and oxygen atoms in total. The fraction of sp³-hybridized carbons (Fsp3) is 0.333. The fourth-order valence-corrected chi connectivity index (χ4v) is 13.1. The molecule has 4 aliphatic carbocycles. The molecular formula is C69H72N2O+2. The number of aromatic nitrogens is 2. The van der Waals surface area contributed by atoms with Crippen LogP contribution in [0, 0.1) is 27.6 Å². The van der Waals surface area contributed by atoms with E-state index in [1.165, 1.54) is 53.5 Å². The van der Waals surface area contributed by atoms with Gasteiger partial charge in [0.25, 0.3) is 0 Å². The Morgan fingerprint density at radius 1 is 0.458 bits per heavy atom. The van der Waals surface area contributed by atoms with Crippen molar-refractivity contribution < 1.29 is 24.5 Å². The Hall–Kier alpha value is -6.58. The number of furan rings is 1. The highest BCUT2D eigenvalue weighted by Crippen LogP contribution is 2.58.